The Hall–Kier alpha value is -8.64. The quantitative estimate of drug-likeness (QED) is 0.0310. The highest BCUT2D eigenvalue weighted by Crippen LogP contribution is 2.36. The molecule has 0 N–H and O–H groups in total. The maximum atomic E-state index is 15.7. The first-order valence-electron chi connectivity index (χ1n) is 30.0. The molecule has 84 heavy (non-hydrogen) atoms. The normalized spacial score (nSPS) is 10.9. The summed E-state index contributed by atoms with van der Waals surface area (Å²) in [6.45, 7) is 12.5. The zero-order chi connectivity index (χ0) is 59.8. The van der Waals surface area contributed by atoms with E-state index in [1.165, 1.54) is 0 Å². The van der Waals surface area contributed by atoms with Gasteiger partial charge < -0.3 is 28.4 Å². The van der Waals surface area contributed by atoms with Crippen LogP contribution in [0.25, 0.3) is 0 Å². The van der Waals surface area contributed by atoms with Crippen LogP contribution >= 0.6 is 0 Å². The Morgan fingerprint density at radius 3 is 0.440 bits per heavy atom. The van der Waals surface area contributed by atoms with Gasteiger partial charge in [0, 0.05) is 0 Å². The molecule has 0 aliphatic carbocycles. The lowest BCUT2D eigenvalue weighted by atomic mass is 9.85. The van der Waals surface area contributed by atoms with Crippen molar-refractivity contribution in [2.75, 3.05) is 0 Å². The predicted octanol–water partition coefficient (Wildman–Crippen LogP) is 17.1. The van der Waals surface area contributed by atoms with Crippen molar-refractivity contribution in [3.8, 4) is 34.5 Å². The molecule has 7 aromatic rings. The summed E-state index contributed by atoms with van der Waals surface area (Å²) in [6.07, 6.45) is 15.6. The van der Waals surface area contributed by atoms with Crippen LogP contribution in [-0.2, 0) is 38.5 Å². The lowest BCUT2D eigenvalue weighted by Gasteiger charge is -2.22. The minimum absolute atomic E-state index is 0.0188. The largest absolute Gasteiger partial charge is 0.423 e. The van der Waals surface area contributed by atoms with Crippen LogP contribution in [0.2, 0.25) is 0 Å². The second-order valence-electron chi connectivity index (χ2n) is 21.1. The van der Waals surface area contributed by atoms with E-state index in [1.54, 1.807) is 146 Å². The van der Waals surface area contributed by atoms with Gasteiger partial charge in [-0.3, -0.25) is 0 Å². The first-order chi connectivity index (χ1) is 40.9. The molecule has 0 amide bonds. The molecule has 0 radical (unpaired) electrons. The third kappa shape index (κ3) is 17.7. The number of carbonyl (C=O) groups excluding carboxylic acids is 6. The Kier molecular flexibility index (Phi) is 24.2. The van der Waals surface area contributed by atoms with Gasteiger partial charge >= 0.3 is 35.8 Å². The number of carbonyl (C=O) groups is 6. The van der Waals surface area contributed by atoms with E-state index in [2.05, 4.69) is 41.5 Å². The SMILES string of the molecule is CCCCc1ccc(OC(=O)c2c(C(=O)Oc3ccc(CCCC)cc3)c(C(=O)Oc3ccc(CCCC)cc3)c(C(=O)Oc3ccc(CCCC)cc3)c(C(=O)Oc3ccc(CCCC)cc3)c2C(=O)Oc2ccc(CCCC)cc2)cc1. The maximum Gasteiger partial charge on any atom is 0.345 e. The monoisotopic (exact) mass is 1130 g/mol. The van der Waals surface area contributed by atoms with Crippen molar-refractivity contribution in [3.63, 3.8) is 0 Å². The fraction of sp³-hybridized carbons (Fsp3) is 0.333. The molecule has 12 heteroatoms. The summed E-state index contributed by atoms with van der Waals surface area (Å²) in [5.74, 6) is -8.49. The van der Waals surface area contributed by atoms with Crippen LogP contribution in [0.3, 0.4) is 0 Å². The number of ether oxygens (including phenoxy) is 6. The minimum atomic E-state index is -1.40. The molecule has 12 nitrogen and oxygen atoms in total. The number of hydrogen-bond donors (Lipinski definition) is 0. The molecule has 7 rings (SSSR count). The Morgan fingerprint density at radius 2 is 0.333 bits per heavy atom. The van der Waals surface area contributed by atoms with Crippen LogP contribution < -0.4 is 28.4 Å². The van der Waals surface area contributed by atoms with Gasteiger partial charge in [0.2, 0.25) is 0 Å². The van der Waals surface area contributed by atoms with Crippen LogP contribution in [-0.4, -0.2) is 35.8 Å². The summed E-state index contributed by atoms with van der Waals surface area (Å²) in [6, 6.07) is 40.0. The number of hydrogen-bond acceptors (Lipinski definition) is 12. The first kappa shape index (κ1) is 63.0. The van der Waals surface area contributed by atoms with Gasteiger partial charge in [-0.15, -0.1) is 0 Å². The van der Waals surface area contributed by atoms with Crippen molar-refractivity contribution in [2.45, 2.75) is 157 Å². The van der Waals surface area contributed by atoms with Gasteiger partial charge in [0.15, 0.2) is 0 Å². The summed E-state index contributed by atoms with van der Waals surface area (Å²) in [4.78, 5) is 93.9. The van der Waals surface area contributed by atoms with E-state index in [4.69, 9.17) is 28.4 Å². The lowest BCUT2D eigenvalue weighted by Crippen LogP contribution is -2.34. The Balaban J connectivity index is 1.56. The molecule has 0 saturated carbocycles. The van der Waals surface area contributed by atoms with Crippen LogP contribution in [0.15, 0.2) is 146 Å². The third-order valence-electron chi connectivity index (χ3n) is 14.4. The third-order valence-corrected chi connectivity index (χ3v) is 14.4. The maximum absolute atomic E-state index is 15.7. The van der Waals surface area contributed by atoms with Crippen molar-refractivity contribution in [2.24, 2.45) is 0 Å². The van der Waals surface area contributed by atoms with Gasteiger partial charge in [-0.1, -0.05) is 153 Å². The molecule has 0 unspecified atom stereocenters. The van der Waals surface area contributed by atoms with Gasteiger partial charge in [0.05, 0.1) is 33.4 Å². The standard InChI is InChI=1S/C72H78O12/c1-7-13-19-49-25-37-55(38-26-49)79-67(73)61-62(68(74)80-56-39-27-50(28-40-56)20-14-8-2)64(70(76)82-58-43-31-52(32-44-58)22-16-10-4)66(72(78)84-60-47-35-54(36-48-60)24-18-12-6)65(71(77)83-59-45-33-53(34-46-59)23-17-11-5)63(61)69(75)81-57-41-29-51(30-42-57)21-15-9-3/h25-48H,7-24H2,1-6H3. The van der Waals surface area contributed by atoms with E-state index >= 15 is 28.8 Å². The van der Waals surface area contributed by atoms with Crippen molar-refractivity contribution in [3.05, 3.63) is 212 Å². The van der Waals surface area contributed by atoms with Crippen LogP contribution in [0.1, 0.15) is 214 Å². The number of esters is 6. The van der Waals surface area contributed by atoms with Crippen molar-refractivity contribution >= 4 is 35.8 Å². The number of rotatable bonds is 30. The van der Waals surface area contributed by atoms with E-state index < -0.39 is 69.2 Å². The molecule has 7 aromatic carbocycles. The van der Waals surface area contributed by atoms with Crippen LogP contribution in [0.5, 0.6) is 34.5 Å². The average molecular weight is 1140 g/mol. The van der Waals surface area contributed by atoms with Crippen molar-refractivity contribution < 1.29 is 57.2 Å². The topological polar surface area (TPSA) is 158 Å². The van der Waals surface area contributed by atoms with Crippen molar-refractivity contribution in [1.29, 1.82) is 0 Å². The lowest BCUT2D eigenvalue weighted by molar-refractivity contribution is 0.0635. The Bertz CT molecular complexity index is 2710. The number of unbranched alkanes of at least 4 members (excludes halogenated alkanes) is 6. The molecule has 0 bridgehead atoms. The molecule has 0 aromatic heterocycles. The van der Waals surface area contributed by atoms with Gasteiger partial charge in [-0.05, 0) is 183 Å². The molecule has 0 atom stereocenters. The molecule has 438 valence electrons. The summed E-state index contributed by atoms with van der Waals surface area (Å²) in [5, 5.41) is 0. The molecule has 0 saturated heterocycles. The number of aryl methyl sites for hydroxylation is 6. The summed E-state index contributed by atoms with van der Waals surface area (Å²) in [7, 11) is 0. The van der Waals surface area contributed by atoms with Gasteiger partial charge in [-0.25, -0.2) is 28.8 Å². The van der Waals surface area contributed by atoms with E-state index in [9.17, 15) is 0 Å². The molecule has 0 heterocycles. The fourth-order valence-corrected chi connectivity index (χ4v) is 9.55. The molecule has 0 aliphatic rings. The van der Waals surface area contributed by atoms with Gasteiger partial charge in [-0.2, -0.15) is 0 Å². The highest BCUT2D eigenvalue weighted by molar-refractivity contribution is 6.25. The summed E-state index contributed by atoms with van der Waals surface area (Å²) >= 11 is 0. The highest BCUT2D eigenvalue weighted by Gasteiger charge is 2.44. The smallest absolute Gasteiger partial charge is 0.345 e. The molecule has 0 fully saturated rings. The van der Waals surface area contributed by atoms with E-state index in [-0.39, 0.29) is 34.5 Å². The van der Waals surface area contributed by atoms with Crippen LogP contribution in [0.4, 0.5) is 0 Å². The van der Waals surface area contributed by atoms with Crippen molar-refractivity contribution in [1.82, 2.24) is 0 Å². The second-order valence-corrected chi connectivity index (χ2v) is 21.1. The summed E-state index contributed by atoms with van der Waals surface area (Å²) in [5.41, 5.74) is -0.0185. The highest BCUT2D eigenvalue weighted by atomic mass is 16.6. The molecular weight excluding hydrogens is 1060 g/mol. The molecule has 0 spiro atoms. The van der Waals surface area contributed by atoms with E-state index in [0.29, 0.717) is 0 Å². The first-order valence-corrected chi connectivity index (χ1v) is 30.0. The Morgan fingerprint density at radius 1 is 0.214 bits per heavy atom. The minimum Gasteiger partial charge on any atom is -0.423 e. The zero-order valence-electron chi connectivity index (χ0n) is 49.5. The Labute approximate surface area is 494 Å². The molecule has 0 aliphatic heterocycles. The van der Waals surface area contributed by atoms with Crippen LogP contribution in [0, 0.1) is 0 Å². The van der Waals surface area contributed by atoms with E-state index in [0.717, 1.165) is 149 Å². The second kappa shape index (κ2) is 32.3. The van der Waals surface area contributed by atoms with Gasteiger partial charge in [0.25, 0.3) is 0 Å². The number of benzene rings is 7. The molecular formula is C72H78O12. The zero-order valence-corrected chi connectivity index (χ0v) is 49.5. The van der Waals surface area contributed by atoms with E-state index in [1.807, 2.05) is 0 Å². The predicted molar refractivity (Wildman–Crippen MR) is 327 cm³/mol. The summed E-state index contributed by atoms with van der Waals surface area (Å²) < 4.78 is 36.6. The fourth-order valence-electron chi connectivity index (χ4n) is 9.55. The van der Waals surface area contributed by atoms with Gasteiger partial charge in [0.1, 0.15) is 34.5 Å². The average Bonchev–Trinajstić information content (AvgIpc) is 3.02.